The quantitative estimate of drug-likeness (QED) is 0.709. The molecule has 1 aromatic heterocycles. The number of para-hydroxylation sites is 1. The van der Waals surface area contributed by atoms with E-state index in [4.69, 9.17) is 10.8 Å². The maximum atomic E-state index is 12.2. The van der Waals surface area contributed by atoms with Gasteiger partial charge < -0.3 is 10.8 Å². The Hall–Kier alpha value is -2.03. The second-order valence-corrected chi connectivity index (χ2v) is 5.76. The van der Waals surface area contributed by atoms with Crippen LogP contribution < -0.4 is 10.5 Å². The van der Waals surface area contributed by atoms with Crippen LogP contribution in [0.15, 0.2) is 41.4 Å². The van der Waals surface area contributed by atoms with Crippen LogP contribution in [-0.2, 0) is 14.8 Å². The highest BCUT2D eigenvalue weighted by molar-refractivity contribution is 7.89. The lowest BCUT2D eigenvalue weighted by Crippen LogP contribution is -2.45. The number of hydrogen-bond donors (Lipinski definition) is 3. The van der Waals surface area contributed by atoms with E-state index in [9.17, 15) is 13.2 Å². The Bertz CT molecular complexity index is 740. The predicted octanol–water partition coefficient (Wildman–Crippen LogP) is -0.0750. The number of nitrogens with one attached hydrogen (secondary N) is 1. The minimum absolute atomic E-state index is 0.0738. The SMILES string of the molecule is NC[C@H](NS(=O)(=O)c1cccc2cccnc12)C(=O)O. The van der Waals surface area contributed by atoms with Crippen molar-refractivity contribution in [2.75, 3.05) is 6.54 Å². The van der Waals surface area contributed by atoms with Crippen LogP contribution in [0.1, 0.15) is 0 Å². The van der Waals surface area contributed by atoms with E-state index in [1.54, 1.807) is 24.3 Å². The van der Waals surface area contributed by atoms with Gasteiger partial charge in [0.05, 0.1) is 5.52 Å². The van der Waals surface area contributed by atoms with Crippen molar-refractivity contribution in [1.29, 1.82) is 0 Å². The molecule has 2 rings (SSSR count). The van der Waals surface area contributed by atoms with E-state index in [-0.39, 0.29) is 17.0 Å². The Kier molecular flexibility index (Phi) is 3.98. The second-order valence-electron chi connectivity index (χ2n) is 4.08. The summed E-state index contributed by atoms with van der Waals surface area (Å²) >= 11 is 0. The van der Waals surface area contributed by atoms with E-state index in [1.165, 1.54) is 12.3 Å². The highest BCUT2D eigenvalue weighted by Gasteiger charge is 2.25. The molecule has 0 bridgehead atoms. The lowest BCUT2D eigenvalue weighted by molar-refractivity contribution is -0.138. The number of nitrogens with zero attached hydrogens (tertiary/aromatic N) is 1. The Morgan fingerprint density at radius 2 is 2.05 bits per heavy atom. The second kappa shape index (κ2) is 5.53. The van der Waals surface area contributed by atoms with Crippen LogP contribution in [0.3, 0.4) is 0 Å². The standard InChI is InChI=1S/C12H13N3O4S/c13-7-9(12(16)17)15-20(18,19)10-5-1-3-8-4-2-6-14-11(8)10/h1-6,9,15H,7,13H2,(H,16,17)/t9-/m0/s1. The third-order valence-electron chi connectivity index (χ3n) is 2.72. The fourth-order valence-corrected chi connectivity index (χ4v) is 3.12. The van der Waals surface area contributed by atoms with E-state index in [0.717, 1.165) is 0 Å². The molecule has 0 amide bonds. The zero-order valence-corrected chi connectivity index (χ0v) is 11.2. The van der Waals surface area contributed by atoms with Crippen molar-refractivity contribution in [2.45, 2.75) is 10.9 Å². The number of pyridine rings is 1. The van der Waals surface area contributed by atoms with Gasteiger partial charge in [0.25, 0.3) is 0 Å². The third kappa shape index (κ3) is 2.77. The van der Waals surface area contributed by atoms with Crippen molar-refractivity contribution in [1.82, 2.24) is 9.71 Å². The molecule has 1 heterocycles. The third-order valence-corrected chi connectivity index (χ3v) is 4.22. The Morgan fingerprint density at radius 3 is 2.70 bits per heavy atom. The molecule has 0 saturated heterocycles. The highest BCUT2D eigenvalue weighted by atomic mass is 32.2. The molecular weight excluding hydrogens is 282 g/mol. The molecule has 4 N–H and O–H groups in total. The Morgan fingerprint density at radius 1 is 1.35 bits per heavy atom. The normalized spacial score (nSPS) is 13.2. The van der Waals surface area contributed by atoms with Gasteiger partial charge in [0.2, 0.25) is 10.0 Å². The molecule has 8 heteroatoms. The molecule has 7 nitrogen and oxygen atoms in total. The first-order valence-electron chi connectivity index (χ1n) is 5.74. The molecule has 2 aromatic rings. The molecule has 0 radical (unpaired) electrons. The number of aliphatic carboxylic acids is 1. The molecule has 1 aromatic carbocycles. The number of nitrogens with two attached hydrogens (primary N) is 1. The van der Waals surface area contributed by atoms with Gasteiger partial charge in [0.15, 0.2) is 0 Å². The zero-order valence-electron chi connectivity index (χ0n) is 10.4. The number of hydrogen-bond acceptors (Lipinski definition) is 5. The number of fused-ring (bicyclic) bond motifs is 1. The van der Waals surface area contributed by atoms with Crippen LogP contribution in [0.25, 0.3) is 10.9 Å². The van der Waals surface area contributed by atoms with Gasteiger partial charge in [-0.25, -0.2) is 8.42 Å². The van der Waals surface area contributed by atoms with Crippen LogP contribution in [0.5, 0.6) is 0 Å². The summed E-state index contributed by atoms with van der Waals surface area (Å²) in [4.78, 5) is 14.8. The molecule has 0 unspecified atom stereocenters. The summed E-state index contributed by atoms with van der Waals surface area (Å²) in [6.45, 7) is -0.341. The number of aromatic nitrogens is 1. The highest BCUT2D eigenvalue weighted by Crippen LogP contribution is 2.20. The first-order valence-corrected chi connectivity index (χ1v) is 7.23. The maximum Gasteiger partial charge on any atom is 0.323 e. The monoisotopic (exact) mass is 295 g/mol. The minimum atomic E-state index is -4.02. The largest absolute Gasteiger partial charge is 0.480 e. The lowest BCUT2D eigenvalue weighted by atomic mass is 10.2. The smallest absolute Gasteiger partial charge is 0.323 e. The van der Waals surface area contributed by atoms with Gasteiger partial charge in [-0.3, -0.25) is 9.78 Å². The number of benzene rings is 1. The number of rotatable bonds is 5. The van der Waals surface area contributed by atoms with E-state index < -0.39 is 22.0 Å². The van der Waals surface area contributed by atoms with Crippen LogP contribution in [0, 0.1) is 0 Å². The average Bonchev–Trinajstić information content (AvgIpc) is 2.43. The molecule has 0 aliphatic heterocycles. The fraction of sp³-hybridized carbons (Fsp3) is 0.167. The first-order chi connectivity index (χ1) is 9.45. The van der Waals surface area contributed by atoms with Gasteiger partial charge in [-0.15, -0.1) is 0 Å². The van der Waals surface area contributed by atoms with Crippen molar-refractivity contribution < 1.29 is 18.3 Å². The summed E-state index contributed by atoms with van der Waals surface area (Å²) in [5.41, 5.74) is 5.53. The van der Waals surface area contributed by atoms with E-state index in [2.05, 4.69) is 9.71 Å². The van der Waals surface area contributed by atoms with Crippen molar-refractivity contribution in [3.05, 3.63) is 36.5 Å². The molecule has 1 atom stereocenters. The minimum Gasteiger partial charge on any atom is -0.480 e. The summed E-state index contributed by atoms with van der Waals surface area (Å²) in [5, 5.41) is 9.52. The molecule has 0 saturated carbocycles. The summed E-state index contributed by atoms with van der Waals surface area (Å²) in [6, 6.07) is 6.69. The van der Waals surface area contributed by atoms with E-state index in [0.29, 0.717) is 5.39 Å². The first kappa shape index (κ1) is 14.4. The zero-order chi connectivity index (χ0) is 14.8. The molecule has 20 heavy (non-hydrogen) atoms. The van der Waals surface area contributed by atoms with Gasteiger partial charge in [-0.2, -0.15) is 4.72 Å². The van der Waals surface area contributed by atoms with Crippen molar-refractivity contribution in [3.8, 4) is 0 Å². The molecular formula is C12H13N3O4S. The maximum absolute atomic E-state index is 12.2. The predicted molar refractivity (Wildman–Crippen MR) is 72.5 cm³/mol. The summed E-state index contributed by atoms with van der Waals surface area (Å²) < 4.78 is 26.6. The number of carbonyl (C=O) groups is 1. The Balaban J connectivity index is 2.50. The van der Waals surface area contributed by atoms with Crippen molar-refractivity contribution in [3.63, 3.8) is 0 Å². The molecule has 0 aliphatic carbocycles. The molecule has 106 valence electrons. The number of carboxylic acid groups (broad SMARTS) is 1. The van der Waals surface area contributed by atoms with Crippen molar-refractivity contribution >= 4 is 26.9 Å². The van der Waals surface area contributed by atoms with Crippen LogP contribution in [-0.4, -0.2) is 37.1 Å². The van der Waals surface area contributed by atoms with Crippen molar-refractivity contribution in [2.24, 2.45) is 5.73 Å². The van der Waals surface area contributed by atoms with Gasteiger partial charge in [-0.1, -0.05) is 18.2 Å². The van der Waals surface area contributed by atoms with E-state index >= 15 is 0 Å². The summed E-state index contributed by atoms with van der Waals surface area (Å²) in [7, 11) is -4.02. The topological polar surface area (TPSA) is 122 Å². The van der Waals surface area contributed by atoms with Crippen LogP contribution in [0.2, 0.25) is 0 Å². The summed E-state index contributed by atoms with van der Waals surface area (Å²) in [5.74, 6) is -1.33. The van der Waals surface area contributed by atoms with Gasteiger partial charge in [-0.05, 0) is 12.1 Å². The fourth-order valence-electron chi connectivity index (χ4n) is 1.74. The molecule has 0 spiro atoms. The summed E-state index contributed by atoms with van der Waals surface area (Å²) in [6.07, 6.45) is 1.47. The van der Waals surface area contributed by atoms with E-state index in [1.807, 2.05) is 0 Å². The lowest BCUT2D eigenvalue weighted by Gasteiger charge is -2.13. The number of sulfonamides is 1. The molecule has 0 fully saturated rings. The van der Waals surface area contributed by atoms with Gasteiger partial charge in [0.1, 0.15) is 10.9 Å². The van der Waals surface area contributed by atoms with Gasteiger partial charge in [0, 0.05) is 18.1 Å². The average molecular weight is 295 g/mol. The van der Waals surface area contributed by atoms with Crippen LogP contribution >= 0.6 is 0 Å². The van der Waals surface area contributed by atoms with Crippen LogP contribution in [0.4, 0.5) is 0 Å². The Labute approximate surface area is 115 Å². The van der Waals surface area contributed by atoms with Gasteiger partial charge >= 0.3 is 5.97 Å². The number of carboxylic acids is 1. The molecule has 0 aliphatic rings.